The average Bonchev–Trinajstić information content (AvgIpc) is 2.57. The molecular formula is C17H22F3N3O2. The van der Waals surface area contributed by atoms with E-state index in [-0.39, 0.29) is 19.0 Å². The average molecular weight is 357 g/mol. The predicted octanol–water partition coefficient (Wildman–Crippen LogP) is 2.53. The summed E-state index contributed by atoms with van der Waals surface area (Å²) in [6, 6.07) is 6.51. The van der Waals surface area contributed by atoms with Gasteiger partial charge in [-0.1, -0.05) is 6.07 Å². The van der Waals surface area contributed by atoms with Crippen LogP contribution in [0, 0.1) is 5.92 Å². The number of hydrogen-bond donors (Lipinski definition) is 1. The largest absolute Gasteiger partial charge is 0.406 e. The highest BCUT2D eigenvalue weighted by Crippen LogP contribution is 2.23. The Labute approximate surface area is 144 Å². The summed E-state index contributed by atoms with van der Waals surface area (Å²) in [6.45, 7) is 0.839. The lowest BCUT2D eigenvalue weighted by molar-refractivity contribution is -0.164. The molecule has 1 unspecified atom stereocenters. The van der Waals surface area contributed by atoms with E-state index >= 15 is 0 Å². The Bertz CT molecular complexity index is 634. The normalized spacial score (nSPS) is 18.1. The van der Waals surface area contributed by atoms with Crippen molar-refractivity contribution in [1.29, 1.82) is 0 Å². The summed E-state index contributed by atoms with van der Waals surface area (Å²) in [6.07, 6.45) is -3.38. The maximum atomic E-state index is 12.6. The van der Waals surface area contributed by atoms with Crippen LogP contribution < -0.4 is 5.73 Å². The van der Waals surface area contributed by atoms with Crippen molar-refractivity contribution in [2.75, 3.05) is 31.9 Å². The second-order valence-corrected chi connectivity index (χ2v) is 6.18. The number of amides is 2. The molecule has 5 nitrogen and oxygen atoms in total. The van der Waals surface area contributed by atoms with E-state index in [1.54, 1.807) is 24.3 Å². The number of halogens is 3. The molecule has 1 atom stereocenters. The van der Waals surface area contributed by atoms with Gasteiger partial charge in [0, 0.05) is 30.9 Å². The molecule has 0 saturated carbocycles. The summed E-state index contributed by atoms with van der Waals surface area (Å²) in [5.41, 5.74) is 6.55. The van der Waals surface area contributed by atoms with Crippen LogP contribution in [-0.4, -0.2) is 54.0 Å². The number of piperidine rings is 1. The van der Waals surface area contributed by atoms with Crippen LogP contribution in [0.3, 0.4) is 0 Å². The third-order valence-corrected chi connectivity index (χ3v) is 4.25. The van der Waals surface area contributed by atoms with Crippen molar-refractivity contribution in [3.05, 3.63) is 29.8 Å². The molecule has 0 bridgehead atoms. The number of nitrogens with two attached hydrogens (primary N) is 1. The number of nitrogen functional groups attached to an aromatic ring is 1. The second kappa shape index (κ2) is 7.76. The van der Waals surface area contributed by atoms with E-state index in [9.17, 15) is 22.8 Å². The molecule has 0 radical (unpaired) electrons. The van der Waals surface area contributed by atoms with Gasteiger partial charge >= 0.3 is 6.18 Å². The lowest BCUT2D eigenvalue weighted by Crippen LogP contribution is -2.48. The number of hydrogen-bond acceptors (Lipinski definition) is 3. The Morgan fingerprint density at radius 1 is 1.36 bits per heavy atom. The predicted molar refractivity (Wildman–Crippen MR) is 87.8 cm³/mol. The minimum Gasteiger partial charge on any atom is -0.399 e. The highest BCUT2D eigenvalue weighted by molar-refractivity contribution is 5.95. The van der Waals surface area contributed by atoms with Crippen LogP contribution in [0.15, 0.2) is 24.3 Å². The van der Waals surface area contributed by atoms with Gasteiger partial charge in [0.25, 0.3) is 5.91 Å². The van der Waals surface area contributed by atoms with E-state index in [0.717, 1.165) is 4.90 Å². The van der Waals surface area contributed by atoms with E-state index in [1.807, 2.05) is 0 Å². The highest BCUT2D eigenvalue weighted by Gasteiger charge is 2.36. The fourth-order valence-corrected chi connectivity index (χ4v) is 3.04. The van der Waals surface area contributed by atoms with Crippen LogP contribution >= 0.6 is 0 Å². The number of anilines is 1. The number of carbonyl (C=O) groups is 2. The Kier molecular flexibility index (Phi) is 5.92. The Morgan fingerprint density at radius 3 is 2.68 bits per heavy atom. The molecule has 1 saturated heterocycles. The Balaban J connectivity index is 2.06. The summed E-state index contributed by atoms with van der Waals surface area (Å²) in [5, 5.41) is 0. The van der Waals surface area contributed by atoms with Gasteiger partial charge in [0.1, 0.15) is 6.54 Å². The van der Waals surface area contributed by atoms with E-state index in [1.165, 1.54) is 11.8 Å². The molecule has 1 aromatic rings. The van der Waals surface area contributed by atoms with Gasteiger partial charge in [-0.25, -0.2) is 0 Å². The molecule has 1 aromatic carbocycles. The molecule has 0 aromatic heterocycles. The number of nitrogens with zero attached hydrogens (tertiary/aromatic N) is 2. The maximum Gasteiger partial charge on any atom is 0.406 e. The van der Waals surface area contributed by atoms with Crippen molar-refractivity contribution in [3.8, 4) is 0 Å². The van der Waals surface area contributed by atoms with Crippen molar-refractivity contribution < 1.29 is 22.8 Å². The van der Waals surface area contributed by atoms with Crippen molar-refractivity contribution in [1.82, 2.24) is 9.80 Å². The molecular weight excluding hydrogens is 335 g/mol. The topological polar surface area (TPSA) is 66.6 Å². The van der Waals surface area contributed by atoms with E-state index in [0.29, 0.717) is 30.6 Å². The van der Waals surface area contributed by atoms with Gasteiger partial charge in [-0.15, -0.1) is 0 Å². The molecule has 1 heterocycles. The molecule has 0 aliphatic carbocycles. The van der Waals surface area contributed by atoms with Gasteiger partial charge in [0.05, 0.1) is 5.92 Å². The summed E-state index contributed by atoms with van der Waals surface area (Å²) < 4.78 is 37.8. The lowest BCUT2D eigenvalue weighted by Gasteiger charge is -2.35. The molecule has 0 spiro atoms. The smallest absolute Gasteiger partial charge is 0.399 e. The van der Waals surface area contributed by atoms with Crippen molar-refractivity contribution >= 4 is 17.5 Å². The summed E-state index contributed by atoms with van der Waals surface area (Å²) in [7, 11) is 0. The first kappa shape index (κ1) is 19.1. The number of carbonyl (C=O) groups excluding carboxylic acids is 2. The van der Waals surface area contributed by atoms with E-state index in [2.05, 4.69) is 0 Å². The number of benzene rings is 1. The zero-order valence-electron chi connectivity index (χ0n) is 14.1. The third kappa shape index (κ3) is 5.11. The summed E-state index contributed by atoms with van der Waals surface area (Å²) >= 11 is 0. The van der Waals surface area contributed by atoms with E-state index < -0.39 is 24.5 Å². The molecule has 25 heavy (non-hydrogen) atoms. The first-order valence-electron chi connectivity index (χ1n) is 8.21. The van der Waals surface area contributed by atoms with Gasteiger partial charge < -0.3 is 15.5 Å². The van der Waals surface area contributed by atoms with Crippen LogP contribution in [0.25, 0.3) is 0 Å². The van der Waals surface area contributed by atoms with Gasteiger partial charge in [0.15, 0.2) is 0 Å². The van der Waals surface area contributed by atoms with Crippen molar-refractivity contribution in [2.24, 2.45) is 5.92 Å². The summed E-state index contributed by atoms with van der Waals surface area (Å²) in [4.78, 5) is 27.3. The van der Waals surface area contributed by atoms with Crippen LogP contribution in [0.2, 0.25) is 0 Å². The van der Waals surface area contributed by atoms with E-state index in [4.69, 9.17) is 5.73 Å². The van der Waals surface area contributed by atoms with Crippen molar-refractivity contribution in [3.63, 3.8) is 0 Å². The molecule has 1 aliphatic rings. The second-order valence-electron chi connectivity index (χ2n) is 6.18. The monoisotopic (exact) mass is 357 g/mol. The SMILES string of the molecule is CCN(CC(F)(F)F)C(=O)C1CCCN(C(=O)c2cccc(N)c2)C1. The maximum absolute atomic E-state index is 12.6. The molecule has 8 heteroatoms. The minimum absolute atomic E-state index is 0.0159. The first-order chi connectivity index (χ1) is 11.7. The van der Waals surface area contributed by atoms with Crippen molar-refractivity contribution in [2.45, 2.75) is 25.9 Å². The summed E-state index contributed by atoms with van der Waals surface area (Å²) in [5.74, 6) is -1.42. The van der Waals surface area contributed by atoms with Crippen LogP contribution in [0.4, 0.5) is 18.9 Å². The van der Waals surface area contributed by atoms with Crippen LogP contribution in [-0.2, 0) is 4.79 Å². The highest BCUT2D eigenvalue weighted by atomic mass is 19.4. The standard InChI is InChI=1S/C17H22F3N3O2/c1-2-22(11-17(18,19)20)16(25)13-6-4-8-23(10-13)15(24)12-5-3-7-14(21)9-12/h3,5,7,9,13H,2,4,6,8,10-11,21H2,1H3. The molecule has 2 rings (SSSR count). The Hall–Kier alpha value is -2.25. The quantitative estimate of drug-likeness (QED) is 0.842. The number of alkyl halides is 3. The van der Waals surface area contributed by atoms with Gasteiger partial charge in [0.2, 0.25) is 5.91 Å². The number of rotatable bonds is 4. The molecule has 2 amide bonds. The van der Waals surface area contributed by atoms with Gasteiger partial charge in [-0.3, -0.25) is 9.59 Å². The molecule has 2 N–H and O–H groups in total. The first-order valence-corrected chi connectivity index (χ1v) is 8.21. The van der Waals surface area contributed by atoms with Crippen LogP contribution in [0.1, 0.15) is 30.1 Å². The molecule has 1 aliphatic heterocycles. The number of likely N-dealkylation sites (tertiary alicyclic amines) is 1. The fourth-order valence-electron chi connectivity index (χ4n) is 3.04. The zero-order chi connectivity index (χ0) is 18.6. The van der Waals surface area contributed by atoms with Gasteiger partial charge in [-0.05, 0) is 38.0 Å². The van der Waals surface area contributed by atoms with Crippen LogP contribution in [0.5, 0.6) is 0 Å². The fraction of sp³-hybridized carbons (Fsp3) is 0.529. The molecule has 138 valence electrons. The minimum atomic E-state index is -4.43. The van der Waals surface area contributed by atoms with Gasteiger partial charge in [-0.2, -0.15) is 13.2 Å². The Morgan fingerprint density at radius 2 is 2.08 bits per heavy atom. The lowest BCUT2D eigenvalue weighted by atomic mass is 9.95. The third-order valence-electron chi connectivity index (χ3n) is 4.25. The zero-order valence-corrected chi connectivity index (χ0v) is 14.1. The molecule has 1 fully saturated rings.